The van der Waals surface area contributed by atoms with Crippen LogP contribution >= 0.6 is 15.9 Å². The standard InChI is InChI=1S/C26H30BrN3O3/c1-26(2,3)33-25(31)29-11-9-23(10-12-29)30-17-21(16-28-30)20-13-22(27)15-24(14-20)32-18-19-7-5-4-6-8-19/h4-8,13-17,23H,9-12,18H2,1-3H3. The number of rotatable bonds is 5. The molecule has 2 aromatic carbocycles. The molecule has 174 valence electrons. The van der Waals surface area contributed by atoms with Crippen molar-refractivity contribution in [2.75, 3.05) is 13.1 Å². The zero-order valence-corrected chi connectivity index (χ0v) is 20.9. The normalized spacial score (nSPS) is 14.8. The third-order valence-corrected chi connectivity index (χ3v) is 6.00. The molecular formula is C26H30BrN3O3. The van der Waals surface area contributed by atoms with Gasteiger partial charge in [-0.1, -0.05) is 46.3 Å². The zero-order chi connectivity index (χ0) is 23.4. The fourth-order valence-corrected chi connectivity index (χ4v) is 4.35. The first kappa shape index (κ1) is 23.4. The number of halogens is 1. The molecule has 7 heteroatoms. The van der Waals surface area contributed by atoms with E-state index in [1.807, 2.05) is 62.0 Å². The molecule has 0 N–H and O–H groups in total. The van der Waals surface area contributed by atoms with Crippen molar-refractivity contribution >= 4 is 22.0 Å². The van der Waals surface area contributed by atoms with Crippen molar-refractivity contribution in [3.05, 3.63) is 71.0 Å². The third kappa shape index (κ3) is 6.38. The summed E-state index contributed by atoms with van der Waals surface area (Å²) < 4.78 is 14.5. The number of benzene rings is 2. The summed E-state index contributed by atoms with van der Waals surface area (Å²) in [4.78, 5) is 14.1. The number of piperidine rings is 1. The van der Waals surface area contributed by atoms with E-state index in [9.17, 15) is 4.79 Å². The summed E-state index contributed by atoms with van der Waals surface area (Å²) in [6.45, 7) is 7.54. The van der Waals surface area contributed by atoms with Gasteiger partial charge >= 0.3 is 6.09 Å². The molecule has 0 unspecified atom stereocenters. The summed E-state index contributed by atoms with van der Waals surface area (Å²) in [6, 6.07) is 16.5. The van der Waals surface area contributed by atoms with Gasteiger partial charge in [0.1, 0.15) is 18.0 Å². The van der Waals surface area contributed by atoms with Crippen molar-refractivity contribution in [1.82, 2.24) is 14.7 Å². The molecule has 0 aliphatic carbocycles. The van der Waals surface area contributed by atoms with Gasteiger partial charge in [0.2, 0.25) is 0 Å². The highest BCUT2D eigenvalue weighted by Gasteiger charge is 2.28. The van der Waals surface area contributed by atoms with Gasteiger partial charge in [-0.2, -0.15) is 5.10 Å². The lowest BCUT2D eigenvalue weighted by Gasteiger charge is -2.33. The molecule has 1 aliphatic rings. The maximum Gasteiger partial charge on any atom is 0.410 e. The quantitative estimate of drug-likeness (QED) is 0.394. The molecule has 0 spiro atoms. The number of likely N-dealkylation sites (tertiary alicyclic amines) is 1. The van der Waals surface area contributed by atoms with Crippen LogP contribution in [0.5, 0.6) is 5.75 Å². The van der Waals surface area contributed by atoms with Crippen LogP contribution in [0.1, 0.15) is 45.2 Å². The molecule has 3 aromatic rings. The third-order valence-electron chi connectivity index (χ3n) is 5.54. The van der Waals surface area contributed by atoms with Gasteiger partial charge in [0.15, 0.2) is 0 Å². The first-order valence-corrected chi connectivity index (χ1v) is 12.1. The van der Waals surface area contributed by atoms with Gasteiger partial charge in [0, 0.05) is 29.3 Å². The molecule has 0 saturated carbocycles. The number of carbonyl (C=O) groups is 1. The van der Waals surface area contributed by atoms with Crippen molar-refractivity contribution in [1.29, 1.82) is 0 Å². The lowest BCUT2D eigenvalue weighted by molar-refractivity contribution is 0.0185. The van der Waals surface area contributed by atoms with E-state index in [-0.39, 0.29) is 12.1 Å². The summed E-state index contributed by atoms with van der Waals surface area (Å²) in [5.74, 6) is 0.807. The predicted octanol–water partition coefficient (Wildman–Crippen LogP) is 6.46. The monoisotopic (exact) mass is 511 g/mol. The Labute approximate surface area is 203 Å². The molecule has 0 atom stereocenters. The van der Waals surface area contributed by atoms with Crippen molar-refractivity contribution in [2.45, 2.75) is 51.9 Å². The molecule has 1 aliphatic heterocycles. The van der Waals surface area contributed by atoms with Crippen LogP contribution < -0.4 is 4.74 Å². The van der Waals surface area contributed by atoms with E-state index < -0.39 is 5.60 Å². The highest BCUT2D eigenvalue weighted by molar-refractivity contribution is 9.10. The average molecular weight is 512 g/mol. The minimum Gasteiger partial charge on any atom is -0.489 e. The number of carbonyl (C=O) groups excluding carboxylic acids is 1. The molecule has 1 saturated heterocycles. The summed E-state index contributed by atoms with van der Waals surface area (Å²) in [5, 5.41) is 4.62. The van der Waals surface area contributed by atoms with Crippen LogP contribution in [0, 0.1) is 0 Å². The SMILES string of the molecule is CC(C)(C)OC(=O)N1CCC(n2cc(-c3cc(Br)cc(OCc4ccccc4)c3)cn2)CC1. The summed E-state index contributed by atoms with van der Waals surface area (Å²) in [5.41, 5.74) is 2.74. The molecule has 0 radical (unpaired) electrons. The first-order chi connectivity index (χ1) is 15.8. The molecule has 33 heavy (non-hydrogen) atoms. The molecule has 0 bridgehead atoms. The van der Waals surface area contributed by atoms with Gasteiger partial charge in [0.05, 0.1) is 12.2 Å². The Morgan fingerprint density at radius 1 is 1.09 bits per heavy atom. The number of ether oxygens (including phenoxy) is 2. The Hall–Kier alpha value is -2.80. The lowest BCUT2D eigenvalue weighted by Crippen LogP contribution is -2.42. The van der Waals surface area contributed by atoms with Crippen LogP contribution in [0.2, 0.25) is 0 Å². The second-order valence-corrected chi connectivity index (χ2v) is 10.3. The van der Waals surface area contributed by atoms with E-state index in [0.717, 1.165) is 39.8 Å². The average Bonchev–Trinajstić information content (AvgIpc) is 3.27. The van der Waals surface area contributed by atoms with E-state index in [2.05, 4.69) is 45.4 Å². The molecule has 2 heterocycles. The highest BCUT2D eigenvalue weighted by Crippen LogP contribution is 2.31. The largest absolute Gasteiger partial charge is 0.489 e. The fourth-order valence-electron chi connectivity index (χ4n) is 3.88. The van der Waals surface area contributed by atoms with Crippen LogP contribution in [0.4, 0.5) is 4.79 Å². The van der Waals surface area contributed by atoms with Gasteiger partial charge in [0.25, 0.3) is 0 Å². The minimum atomic E-state index is -0.474. The molecule has 6 nitrogen and oxygen atoms in total. The number of nitrogens with zero attached hydrogens (tertiary/aromatic N) is 3. The van der Waals surface area contributed by atoms with Gasteiger partial charge < -0.3 is 14.4 Å². The smallest absolute Gasteiger partial charge is 0.410 e. The predicted molar refractivity (Wildman–Crippen MR) is 132 cm³/mol. The number of hydrogen-bond acceptors (Lipinski definition) is 4. The Kier molecular flexibility index (Phi) is 7.08. The van der Waals surface area contributed by atoms with Crippen LogP contribution in [-0.2, 0) is 11.3 Å². The number of amides is 1. The van der Waals surface area contributed by atoms with Gasteiger partial charge in [-0.3, -0.25) is 4.68 Å². The van der Waals surface area contributed by atoms with E-state index in [1.54, 1.807) is 4.90 Å². The number of aromatic nitrogens is 2. The molecule has 1 amide bonds. The second-order valence-electron chi connectivity index (χ2n) is 9.36. The van der Waals surface area contributed by atoms with Gasteiger partial charge in [-0.15, -0.1) is 0 Å². The van der Waals surface area contributed by atoms with Crippen molar-refractivity contribution < 1.29 is 14.3 Å². The van der Waals surface area contributed by atoms with Crippen LogP contribution in [0.15, 0.2) is 65.4 Å². The van der Waals surface area contributed by atoms with Gasteiger partial charge in [-0.25, -0.2) is 4.79 Å². The molecular weight excluding hydrogens is 482 g/mol. The van der Waals surface area contributed by atoms with Crippen molar-refractivity contribution in [3.8, 4) is 16.9 Å². The molecule has 1 fully saturated rings. The molecule has 1 aromatic heterocycles. The van der Waals surface area contributed by atoms with Gasteiger partial charge in [-0.05, 0) is 62.9 Å². The Morgan fingerprint density at radius 3 is 2.52 bits per heavy atom. The minimum absolute atomic E-state index is 0.237. The highest BCUT2D eigenvalue weighted by atomic mass is 79.9. The van der Waals surface area contributed by atoms with Crippen molar-refractivity contribution in [3.63, 3.8) is 0 Å². The zero-order valence-electron chi connectivity index (χ0n) is 19.3. The Bertz CT molecular complexity index is 1080. The second kappa shape index (κ2) is 10.00. The van der Waals surface area contributed by atoms with Crippen molar-refractivity contribution in [2.24, 2.45) is 0 Å². The van der Waals surface area contributed by atoms with Crippen LogP contribution in [0.3, 0.4) is 0 Å². The van der Waals surface area contributed by atoms with E-state index >= 15 is 0 Å². The lowest BCUT2D eigenvalue weighted by atomic mass is 10.1. The van der Waals surface area contributed by atoms with Crippen LogP contribution in [-0.4, -0.2) is 39.5 Å². The van der Waals surface area contributed by atoms with E-state index in [4.69, 9.17) is 9.47 Å². The summed E-state index contributed by atoms with van der Waals surface area (Å²) in [7, 11) is 0. The fraction of sp³-hybridized carbons (Fsp3) is 0.385. The maximum atomic E-state index is 12.3. The van der Waals surface area contributed by atoms with E-state index in [0.29, 0.717) is 19.7 Å². The Morgan fingerprint density at radius 2 is 1.82 bits per heavy atom. The maximum absolute atomic E-state index is 12.3. The summed E-state index contributed by atoms with van der Waals surface area (Å²) in [6.07, 6.45) is 5.44. The molecule has 4 rings (SSSR count). The van der Waals surface area contributed by atoms with E-state index in [1.165, 1.54) is 0 Å². The topological polar surface area (TPSA) is 56.6 Å². The summed E-state index contributed by atoms with van der Waals surface area (Å²) >= 11 is 3.60. The number of hydrogen-bond donors (Lipinski definition) is 0. The first-order valence-electron chi connectivity index (χ1n) is 11.3. The van der Waals surface area contributed by atoms with Crippen LogP contribution in [0.25, 0.3) is 11.1 Å². The Balaban J connectivity index is 1.39.